The van der Waals surface area contributed by atoms with Crippen LogP contribution < -0.4 is 0 Å². The molecule has 0 aliphatic carbocycles. The van der Waals surface area contributed by atoms with Crippen LogP contribution in [0.4, 0.5) is 8.78 Å². The van der Waals surface area contributed by atoms with Gasteiger partial charge in [0.2, 0.25) is 0 Å². The van der Waals surface area contributed by atoms with E-state index >= 15 is 0 Å². The third kappa shape index (κ3) is 2.18. The standard InChI is InChI=1S/C16H13F2NO/c17-14-6-5-11(7-15(14)18)8-19-9-12(10-20)13-3-1-2-4-16(13)19/h1-7,9,20H,8,10H2. The normalized spacial score (nSPS) is 11.2. The van der Waals surface area contributed by atoms with Gasteiger partial charge < -0.3 is 9.67 Å². The van der Waals surface area contributed by atoms with E-state index in [0.717, 1.165) is 22.5 Å². The molecule has 2 aromatic carbocycles. The molecule has 4 heteroatoms. The van der Waals surface area contributed by atoms with Gasteiger partial charge in [-0.1, -0.05) is 24.3 Å². The molecule has 20 heavy (non-hydrogen) atoms. The zero-order chi connectivity index (χ0) is 14.1. The lowest BCUT2D eigenvalue weighted by Crippen LogP contribution is -1.99. The summed E-state index contributed by atoms with van der Waals surface area (Å²) in [5, 5.41) is 10.3. The molecule has 1 N–H and O–H groups in total. The molecule has 0 amide bonds. The van der Waals surface area contributed by atoms with E-state index in [4.69, 9.17) is 0 Å². The molecule has 0 spiro atoms. The molecule has 0 aliphatic heterocycles. The summed E-state index contributed by atoms with van der Waals surface area (Å²) < 4.78 is 28.1. The SMILES string of the molecule is OCc1cn(Cc2ccc(F)c(F)c2)c2ccccc12. The summed E-state index contributed by atoms with van der Waals surface area (Å²) in [6, 6.07) is 11.6. The highest BCUT2D eigenvalue weighted by molar-refractivity contribution is 5.83. The molecular weight excluding hydrogens is 260 g/mol. The van der Waals surface area contributed by atoms with E-state index in [1.807, 2.05) is 35.0 Å². The Labute approximate surface area is 114 Å². The van der Waals surface area contributed by atoms with E-state index in [-0.39, 0.29) is 6.61 Å². The summed E-state index contributed by atoms with van der Waals surface area (Å²) in [6.45, 7) is 0.378. The Balaban J connectivity index is 2.04. The largest absolute Gasteiger partial charge is 0.392 e. The summed E-state index contributed by atoms with van der Waals surface area (Å²) in [5.74, 6) is -1.69. The molecular formula is C16H13F2NO. The molecule has 1 heterocycles. The predicted molar refractivity (Wildman–Crippen MR) is 73.3 cm³/mol. The van der Waals surface area contributed by atoms with E-state index in [0.29, 0.717) is 12.1 Å². The van der Waals surface area contributed by atoms with Crippen LogP contribution in [0.2, 0.25) is 0 Å². The Kier molecular flexibility index (Phi) is 3.24. The molecule has 3 aromatic rings. The molecule has 3 rings (SSSR count). The average molecular weight is 273 g/mol. The van der Waals surface area contributed by atoms with Crippen molar-refractivity contribution in [3.63, 3.8) is 0 Å². The number of aliphatic hydroxyl groups is 1. The minimum Gasteiger partial charge on any atom is -0.392 e. The highest BCUT2D eigenvalue weighted by Crippen LogP contribution is 2.22. The lowest BCUT2D eigenvalue weighted by molar-refractivity contribution is 0.283. The second kappa shape index (κ2) is 5.06. The third-order valence-corrected chi connectivity index (χ3v) is 3.38. The lowest BCUT2D eigenvalue weighted by atomic mass is 10.2. The van der Waals surface area contributed by atoms with Crippen LogP contribution in [0.3, 0.4) is 0 Å². The number of rotatable bonds is 3. The summed E-state index contributed by atoms with van der Waals surface area (Å²) in [5.41, 5.74) is 2.46. The predicted octanol–water partition coefficient (Wildman–Crippen LogP) is 3.46. The maximum atomic E-state index is 13.2. The van der Waals surface area contributed by atoms with Crippen molar-refractivity contribution < 1.29 is 13.9 Å². The second-order valence-electron chi connectivity index (χ2n) is 4.71. The molecule has 0 saturated heterocycles. The van der Waals surface area contributed by atoms with E-state index in [2.05, 4.69) is 0 Å². The molecule has 102 valence electrons. The summed E-state index contributed by atoms with van der Waals surface area (Å²) in [6.07, 6.45) is 1.84. The fraction of sp³-hybridized carbons (Fsp3) is 0.125. The van der Waals surface area contributed by atoms with Crippen LogP contribution >= 0.6 is 0 Å². The summed E-state index contributed by atoms with van der Waals surface area (Å²) in [7, 11) is 0. The van der Waals surface area contributed by atoms with Gasteiger partial charge in [0.15, 0.2) is 11.6 Å². The van der Waals surface area contributed by atoms with E-state index in [1.54, 1.807) is 6.07 Å². The van der Waals surface area contributed by atoms with E-state index < -0.39 is 11.6 Å². The van der Waals surface area contributed by atoms with Crippen molar-refractivity contribution in [3.05, 3.63) is 71.4 Å². The number of aromatic nitrogens is 1. The van der Waals surface area contributed by atoms with Gasteiger partial charge in [-0.25, -0.2) is 8.78 Å². The van der Waals surface area contributed by atoms with Gasteiger partial charge in [-0.15, -0.1) is 0 Å². The van der Waals surface area contributed by atoms with Crippen LogP contribution in [0.15, 0.2) is 48.7 Å². The molecule has 2 nitrogen and oxygen atoms in total. The molecule has 0 unspecified atom stereocenters. The highest BCUT2D eigenvalue weighted by Gasteiger charge is 2.09. The molecule has 0 fully saturated rings. The van der Waals surface area contributed by atoms with E-state index in [9.17, 15) is 13.9 Å². The topological polar surface area (TPSA) is 25.2 Å². The molecule has 0 radical (unpaired) electrons. The van der Waals surface area contributed by atoms with Gasteiger partial charge in [0, 0.05) is 29.2 Å². The molecule has 0 saturated carbocycles. The van der Waals surface area contributed by atoms with Gasteiger partial charge in [-0.2, -0.15) is 0 Å². The molecule has 0 atom stereocenters. The lowest BCUT2D eigenvalue weighted by Gasteiger charge is -2.06. The zero-order valence-electron chi connectivity index (χ0n) is 10.7. The van der Waals surface area contributed by atoms with Crippen molar-refractivity contribution in [1.29, 1.82) is 0 Å². The highest BCUT2D eigenvalue weighted by atomic mass is 19.2. The average Bonchev–Trinajstić information content (AvgIpc) is 2.81. The molecule has 1 aromatic heterocycles. The number of halogens is 2. The maximum Gasteiger partial charge on any atom is 0.159 e. The smallest absolute Gasteiger partial charge is 0.159 e. The monoisotopic (exact) mass is 273 g/mol. The Morgan fingerprint density at radius 3 is 2.55 bits per heavy atom. The number of fused-ring (bicyclic) bond motifs is 1. The van der Waals surface area contributed by atoms with Crippen LogP contribution in [0.5, 0.6) is 0 Å². The zero-order valence-corrected chi connectivity index (χ0v) is 10.7. The summed E-state index contributed by atoms with van der Waals surface area (Å²) in [4.78, 5) is 0. The first-order valence-corrected chi connectivity index (χ1v) is 6.30. The van der Waals surface area contributed by atoms with Crippen LogP contribution in [0.25, 0.3) is 10.9 Å². The van der Waals surface area contributed by atoms with Gasteiger partial charge in [0.25, 0.3) is 0 Å². The fourth-order valence-electron chi connectivity index (χ4n) is 2.41. The van der Waals surface area contributed by atoms with Gasteiger partial charge in [-0.05, 0) is 23.8 Å². The first-order chi connectivity index (χ1) is 9.69. The number of nitrogens with zero attached hydrogens (tertiary/aromatic N) is 1. The Morgan fingerprint density at radius 1 is 1.00 bits per heavy atom. The number of aliphatic hydroxyl groups excluding tert-OH is 1. The van der Waals surface area contributed by atoms with Crippen LogP contribution in [-0.4, -0.2) is 9.67 Å². The summed E-state index contributed by atoms with van der Waals surface area (Å²) >= 11 is 0. The van der Waals surface area contributed by atoms with Gasteiger partial charge >= 0.3 is 0 Å². The van der Waals surface area contributed by atoms with Crippen LogP contribution in [-0.2, 0) is 13.2 Å². The van der Waals surface area contributed by atoms with Crippen molar-refractivity contribution in [2.45, 2.75) is 13.2 Å². The van der Waals surface area contributed by atoms with Crippen molar-refractivity contribution in [2.24, 2.45) is 0 Å². The Bertz CT molecular complexity index is 764. The Hall–Kier alpha value is -2.20. The van der Waals surface area contributed by atoms with Crippen molar-refractivity contribution in [2.75, 3.05) is 0 Å². The molecule has 0 aliphatic rings. The second-order valence-corrected chi connectivity index (χ2v) is 4.71. The van der Waals surface area contributed by atoms with Gasteiger partial charge in [-0.3, -0.25) is 0 Å². The van der Waals surface area contributed by atoms with Crippen LogP contribution in [0, 0.1) is 11.6 Å². The van der Waals surface area contributed by atoms with E-state index in [1.165, 1.54) is 6.07 Å². The van der Waals surface area contributed by atoms with Crippen molar-refractivity contribution >= 4 is 10.9 Å². The van der Waals surface area contributed by atoms with Gasteiger partial charge in [0.05, 0.1) is 6.61 Å². The number of benzene rings is 2. The minimum absolute atomic E-state index is 0.0503. The van der Waals surface area contributed by atoms with Gasteiger partial charge in [0.1, 0.15) is 0 Å². The Morgan fingerprint density at radius 2 is 1.80 bits per heavy atom. The fourth-order valence-corrected chi connectivity index (χ4v) is 2.41. The maximum absolute atomic E-state index is 13.2. The number of para-hydroxylation sites is 1. The van der Waals surface area contributed by atoms with Crippen molar-refractivity contribution in [1.82, 2.24) is 4.57 Å². The number of hydrogen-bond acceptors (Lipinski definition) is 1. The van der Waals surface area contributed by atoms with Crippen molar-refractivity contribution in [3.8, 4) is 0 Å². The number of hydrogen-bond donors (Lipinski definition) is 1. The first-order valence-electron chi connectivity index (χ1n) is 6.30. The molecule has 0 bridgehead atoms. The third-order valence-electron chi connectivity index (χ3n) is 3.38. The quantitative estimate of drug-likeness (QED) is 0.776. The first kappa shape index (κ1) is 12.8. The van der Waals surface area contributed by atoms with Crippen LogP contribution in [0.1, 0.15) is 11.1 Å². The minimum atomic E-state index is -0.846.